The smallest absolute Gasteiger partial charge is 0.235 e. The number of fused-ring (bicyclic) bond motifs is 3. The van der Waals surface area contributed by atoms with Crippen LogP contribution in [0.2, 0.25) is 0 Å². The molecule has 1 aliphatic rings. The standard InChI is InChI=1S/C23H21N5O2S/c1-16-12-22(28-21-9-3-2-8-20(21)26-23(28)19(16)14-24)25-15-17-6-4-7-18(13-17)27-10-5-11-31(27,29)30/h2-4,6-9,12-13,25H,5,10-11,15H2,1H3. The zero-order valence-corrected chi connectivity index (χ0v) is 17.9. The first-order valence-electron chi connectivity index (χ1n) is 10.1. The molecule has 0 amide bonds. The summed E-state index contributed by atoms with van der Waals surface area (Å²) < 4.78 is 28.0. The van der Waals surface area contributed by atoms with Gasteiger partial charge in [0.1, 0.15) is 11.9 Å². The quantitative estimate of drug-likeness (QED) is 0.530. The van der Waals surface area contributed by atoms with E-state index >= 15 is 0 Å². The van der Waals surface area contributed by atoms with Gasteiger partial charge in [-0.2, -0.15) is 5.26 Å². The molecule has 2 aromatic heterocycles. The van der Waals surface area contributed by atoms with Gasteiger partial charge in [-0.1, -0.05) is 24.3 Å². The molecule has 0 aliphatic carbocycles. The van der Waals surface area contributed by atoms with Crippen LogP contribution in [0.3, 0.4) is 0 Å². The lowest BCUT2D eigenvalue weighted by Gasteiger charge is -2.18. The van der Waals surface area contributed by atoms with Gasteiger partial charge in [-0.25, -0.2) is 13.4 Å². The van der Waals surface area contributed by atoms with Gasteiger partial charge in [-0.05, 0) is 54.8 Å². The first kappa shape index (κ1) is 19.4. The number of nitriles is 1. The summed E-state index contributed by atoms with van der Waals surface area (Å²) in [5, 5.41) is 13.1. The molecule has 1 saturated heterocycles. The highest BCUT2D eigenvalue weighted by atomic mass is 32.2. The first-order valence-corrected chi connectivity index (χ1v) is 11.7. The number of aryl methyl sites for hydroxylation is 1. The molecule has 4 aromatic rings. The molecule has 156 valence electrons. The van der Waals surface area contributed by atoms with Crippen LogP contribution in [0.1, 0.15) is 23.1 Å². The number of sulfonamides is 1. The van der Waals surface area contributed by atoms with Gasteiger partial charge in [-0.15, -0.1) is 0 Å². The Balaban J connectivity index is 1.52. The Morgan fingerprint density at radius 3 is 2.77 bits per heavy atom. The van der Waals surface area contributed by atoms with Gasteiger partial charge in [-0.3, -0.25) is 8.71 Å². The largest absolute Gasteiger partial charge is 0.367 e. The van der Waals surface area contributed by atoms with Gasteiger partial charge >= 0.3 is 0 Å². The van der Waals surface area contributed by atoms with Crippen molar-refractivity contribution in [3.8, 4) is 6.07 Å². The molecule has 1 N–H and O–H groups in total. The SMILES string of the molecule is Cc1cc(NCc2cccc(N3CCCS3(=O)=O)c2)n2c(nc3ccccc32)c1C#N. The number of pyridine rings is 1. The monoisotopic (exact) mass is 431 g/mol. The van der Waals surface area contributed by atoms with E-state index in [1.54, 1.807) is 0 Å². The third kappa shape index (κ3) is 3.27. The average molecular weight is 432 g/mol. The Bertz CT molecular complexity index is 1470. The van der Waals surface area contributed by atoms with Crippen LogP contribution in [0.15, 0.2) is 54.6 Å². The summed E-state index contributed by atoms with van der Waals surface area (Å²) in [5.74, 6) is 1.03. The summed E-state index contributed by atoms with van der Waals surface area (Å²) in [6.45, 7) is 2.94. The van der Waals surface area contributed by atoms with Crippen LogP contribution in [0.4, 0.5) is 11.5 Å². The normalized spacial score (nSPS) is 15.4. The third-order valence-electron chi connectivity index (χ3n) is 5.66. The fourth-order valence-corrected chi connectivity index (χ4v) is 5.72. The molecule has 31 heavy (non-hydrogen) atoms. The Hall–Kier alpha value is -3.57. The maximum atomic E-state index is 12.3. The Morgan fingerprint density at radius 2 is 2.00 bits per heavy atom. The highest BCUT2D eigenvalue weighted by molar-refractivity contribution is 7.93. The number of benzene rings is 2. The summed E-state index contributed by atoms with van der Waals surface area (Å²) in [6.07, 6.45) is 0.654. The van der Waals surface area contributed by atoms with Crippen LogP contribution in [0, 0.1) is 18.3 Å². The molecule has 0 bridgehead atoms. The lowest BCUT2D eigenvalue weighted by atomic mass is 10.1. The van der Waals surface area contributed by atoms with E-state index in [-0.39, 0.29) is 5.75 Å². The Kier molecular flexibility index (Phi) is 4.56. The van der Waals surface area contributed by atoms with Crippen molar-refractivity contribution >= 4 is 38.2 Å². The molecular weight excluding hydrogens is 410 g/mol. The molecule has 0 radical (unpaired) electrons. The number of nitrogens with zero attached hydrogens (tertiary/aromatic N) is 4. The van der Waals surface area contributed by atoms with Crippen LogP contribution in [-0.2, 0) is 16.6 Å². The van der Waals surface area contributed by atoms with E-state index in [2.05, 4.69) is 16.4 Å². The summed E-state index contributed by atoms with van der Waals surface area (Å²) in [5.41, 5.74) is 5.46. The molecule has 0 atom stereocenters. The van der Waals surface area contributed by atoms with Crippen molar-refractivity contribution in [3.05, 3.63) is 71.3 Å². The number of hydrogen-bond acceptors (Lipinski definition) is 5. The molecule has 0 unspecified atom stereocenters. The maximum Gasteiger partial charge on any atom is 0.235 e. The van der Waals surface area contributed by atoms with Crippen LogP contribution in [-0.4, -0.2) is 30.1 Å². The zero-order valence-electron chi connectivity index (χ0n) is 17.0. The van der Waals surface area contributed by atoms with Crippen molar-refractivity contribution in [2.75, 3.05) is 21.9 Å². The van der Waals surface area contributed by atoms with E-state index < -0.39 is 10.0 Å². The minimum atomic E-state index is -3.21. The van der Waals surface area contributed by atoms with Crippen LogP contribution >= 0.6 is 0 Å². The molecule has 5 rings (SSSR count). The zero-order chi connectivity index (χ0) is 21.6. The number of para-hydroxylation sites is 2. The van der Waals surface area contributed by atoms with Crippen molar-refractivity contribution < 1.29 is 8.42 Å². The second kappa shape index (κ2) is 7.29. The summed E-state index contributed by atoms with van der Waals surface area (Å²) in [4.78, 5) is 4.67. The molecule has 7 nitrogen and oxygen atoms in total. The van der Waals surface area contributed by atoms with E-state index in [4.69, 9.17) is 0 Å². The third-order valence-corrected chi connectivity index (χ3v) is 7.53. The first-order chi connectivity index (χ1) is 15.0. The van der Waals surface area contributed by atoms with Crippen molar-refractivity contribution in [2.24, 2.45) is 0 Å². The van der Waals surface area contributed by atoms with Crippen molar-refractivity contribution in [2.45, 2.75) is 19.9 Å². The lowest BCUT2D eigenvalue weighted by molar-refractivity contribution is 0.599. The van der Waals surface area contributed by atoms with Gasteiger partial charge < -0.3 is 5.32 Å². The van der Waals surface area contributed by atoms with Gasteiger partial charge in [0.05, 0.1) is 28.0 Å². The van der Waals surface area contributed by atoms with E-state index in [0.29, 0.717) is 36.4 Å². The second-order valence-electron chi connectivity index (χ2n) is 7.72. The van der Waals surface area contributed by atoms with Gasteiger partial charge in [0.15, 0.2) is 5.65 Å². The number of imidazole rings is 1. The second-order valence-corrected chi connectivity index (χ2v) is 9.74. The Morgan fingerprint density at radius 1 is 1.16 bits per heavy atom. The van der Waals surface area contributed by atoms with E-state index in [1.807, 2.05) is 65.9 Å². The van der Waals surface area contributed by atoms with Crippen molar-refractivity contribution in [1.82, 2.24) is 9.38 Å². The molecule has 1 aliphatic heterocycles. The van der Waals surface area contributed by atoms with Crippen LogP contribution in [0.5, 0.6) is 0 Å². The van der Waals surface area contributed by atoms with Gasteiger partial charge in [0, 0.05) is 13.1 Å². The van der Waals surface area contributed by atoms with E-state index in [1.165, 1.54) is 4.31 Å². The number of aromatic nitrogens is 2. The van der Waals surface area contributed by atoms with E-state index in [9.17, 15) is 13.7 Å². The predicted molar refractivity (Wildman–Crippen MR) is 122 cm³/mol. The average Bonchev–Trinajstić information content (AvgIpc) is 3.32. The topological polar surface area (TPSA) is 90.5 Å². The predicted octanol–water partition coefficient (Wildman–Crippen LogP) is 3.82. The molecule has 0 spiro atoms. The number of hydrogen-bond donors (Lipinski definition) is 1. The highest BCUT2D eigenvalue weighted by Crippen LogP contribution is 2.28. The van der Waals surface area contributed by atoms with Gasteiger partial charge in [0.25, 0.3) is 0 Å². The number of nitrogens with one attached hydrogen (secondary N) is 1. The summed E-state index contributed by atoms with van der Waals surface area (Å²) in [6, 6.07) is 19.6. The molecular formula is C23H21N5O2S. The maximum absolute atomic E-state index is 12.3. The number of anilines is 2. The molecule has 3 heterocycles. The molecule has 1 fully saturated rings. The fourth-order valence-electron chi connectivity index (χ4n) is 4.17. The Labute approximate surface area is 180 Å². The van der Waals surface area contributed by atoms with Crippen LogP contribution in [0.25, 0.3) is 16.7 Å². The van der Waals surface area contributed by atoms with Crippen molar-refractivity contribution in [3.63, 3.8) is 0 Å². The lowest BCUT2D eigenvalue weighted by Crippen LogP contribution is -2.25. The van der Waals surface area contributed by atoms with Crippen molar-refractivity contribution in [1.29, 1.82) is 5.26 Å². The molecule has 0 saturated carbocycles. The minimum absolute atomic E-state index is 0.200. The molecule has 8 heteroatoms. The minimum Gasteiger partial charge on any atom is -0.367 e. The summed E-state index contributed by atoms with van der Waals surface area (Å²) in [7, 11) is -3.21. The highest BCUT2D eigenvalue weighted by Gasteiger charge is 2.28. The van der Waals surface area contributed by atoms with Crippen LogP contribution < -0.4 is 9.62 Å². The fraction of sp³-hybridized carbons (Fsp3) is 0.217. The van der Waals surface area contributed by atoms with E-state index in [0.717, 1.165) is 28.0 Å². The number of rotatable bonds is 4. The molecule has 2 aromatic carbocycles. The van der Waals surface area contributed by atoms with Gasteiger partial charge in [0.2, 0.25) is 10.0 Å². The summed E-state index contributed by atoms with van der Waals surface area (Å²) >= 11 is 0.